The predicted molar refractivity (Wildman–Crippen MR) is 91.2 cm³/mol. The molecule has 1 N–H and O–H groups in total. The Kier molecular flexibility index (Phi) is 7.29. The van der Waals surface area contributed by atoms with E-state index in [0.717, 1.165) is 24.2 Å². The number of aliphatic hydroxyl groups excluding tert-OH is 1. The third-order valence-electron chi connectivity index (χ3n) is 6.31. The van der Waals surface area contributed by atoms with E-state index in [-0.39, 0.29) is 6.10 Å². The van der Waals surface area contributed by atoms with Crippen molar-refractivity contribution < 1.29 is 5.11 Å². The van der Waals surface area contributed by atoms with E-state index in [9.17, 15) is 5.11 Å². The SMILES string of the molecule is CC=CCCC1CCC(C2CCC(C(O)CC)CC2)CC1. The lowest BCUT2D eigenvalue weighted by Gasteiger charge is -2.38. The topological polar surface area (TPSA) is 20.2 Å². The molecule has 2 saturated carbocycles. The van der Waals surface area contributed by atoms with Gasteiger partial charge in [0, 0.05) is 0 Å². The lowest BCUT2D eigenvalue weighted by Crippen LogP contribution is -2.29. The summed E-state index contributed by atoms with van der Waals surface area (Å²) in [6.07, 6.45) is 19.3. The molecular weight excluding hydrogens is 256 g/mol. The lowest BCUT2D eigenvalue weighted by atomic mass is 9.68. The van der Waals surface area contributed by atoms with Gasteiger partial charge in [0.1, 0.15) is 0 Å². The number of allylic oxidation sites excluding steroid dienone is 2. The number of hydrogen-bond donors (Lipinski definition) is 1. The summed E-state index contributed by atoms with van der Waals surface area (Å²) in [7, 11) is 0. The zero-order chi connectivity index (χ0) is 15.1. The molecule has 1 nitrogen and oxygen atoms in total. The average Bonchev–Trinajstić information content (AvgIpc) is 2.55. The number of aliphatic hydroxyl groups is 1. The first-order valence-electron chi connectivity index (χ1n) is 9.53. The van der Waals surface area contributed by atoms with Crippen LogP contribution in [-0.2, 0) is 0 Å². The van der Waals surface area contributed by atoms with Crippen LogP contribution in [0.4, 0.5) is 0 Å². The number of hydrogen-bond acceptors (Lipinski definition) is 1. The molecule has 0 radical (unpaired) electrons. The van der Waals surface area contributed by atoms with Crippen LogP contribution in [0.15, 0.2) is 12.2 Å². The van der Waals surface area contributed by atoms with Crippen molar-refractivity contribution in [2.75, 3.05) is 0 Å². The molecule has 2 aliphatic rings. The zero-order valence-corrected chi connectivity index (χ0v) is 14.3. The summed E-state index contributed by atoms with van der Waals surface area (Å²) in [6.45, 7) is 4.24. The van der Waals surface area contributed by atoms with Crippen LogP contribution >= 0.6 is 0 Å². The fourth-order valence-electron chi connectivity index (χ4n) is 4.78. The van der Waals surface area contributed by atoms with Crippen molar-refractivity contribution in [2.45, 2.75) is 90.6 Å². The Labute approximate surface area is 132 Å². The van der Waals surface area contributed by atoms with Crippen molar-refractivity contribution >= 4 is 0 Å². The molecule has 0 heterocycles. The molecule has 2 fully saturated rings. The Morgan fingerprint density at radius 1 is 0.952 bits per heavy atom. The van der Waals surface area contributed by atoms with Gasteiger partial charge >= 0.3 is 0 Å². The molecule has 0 saturated heterocycles. The predicted octanol–water partition coefficient (Wildman–Crippen LogP) is 5.73. The van der Waals surface area contributed by atoms with Crippen molar-refractivity contribution in [1.82, 2.24) is 0 Å². The van der Waals surface area contributed by atoms with E-state index < -0.39 is 0 Å². The molecule has 1 heteroatoms. The van der Waals surface area contributed by atoms with Crippen molar-refractivity contribution in [3.05, 3.63) is 12.2 Å². The van der Waals surface area contributed by atoms with Gasteiger partial charge in [0.25, 0.3) is 0 Å². The average molecular weight is 293 g/mol. The molecule has 21 heavy (non-hydrogen) atoms. The highest BCUT2D eigenvalue weighted by Crippen LogP contribution is 2.42. The fraction of sp³-hybridized carbons (Fsp3) is 0.900. The van der Waals surface area contributed by atoms with E-state index in [1.165, 1.54) is 64.2 Å². The third kappa shape index (κ3) is 5.13. The van der Waals surface area contributed by atoms with Crippen molar-refractivity contribution in [3.8, 4) is 0 Å². The van der Waals surface area contributed by atoms with Crippen LogP contribution in [0.5, 0.6) is 0 Å². The quantitative estimate of drug-likeness (QED) is 0.620. The normalized spacial score (nSPS) is 36.0. The highest BCUT2D eigenvalue weighted by atomic mass is 16.3. The molecule has 2 rings (SSSR count). The molecule has 0 aromatic heterocycles. The van der Waals surface area contributed by atoms with Gasteiger partial charge in [-0.3, -0.25) is 0 Å². The number of rotatable bonds is 6. The lowest BCUT2D eigenvalue weighted by molar-refractivity contribution is 0.0546. The van der Waals surface area contributed by atoms with Gasteiger partial charge in [-0.25, -0.2) is 0 Å². The summed E-state index contributed by atoms with van der Waals surface area (Å²) >= 11 is 0. The van der Waals surface area contributed by atoms with Gasteiger partial charge in [-0.15, -0.1) is 0 Å². The molecule has 1 atom stereocenters. The summed E-state index contributed by atoms with van der Waals surface area (Å²) in [5.41, 5.74) is 0. The molecule has 0 aromatic rings. The Bertz CT molecular complexity index is 293. The Morgan fingerprint density at radius 3 is 2.05 bits per heavy atom. The Balaban J connectivity index is 1.67. The summed E-state index contributed by atoms with van der Waals surface area (Å²) in [5, 5.41) is 10.0. The second kappa shape index (κ2) is 8.98. The van der Waals surface area contributed by atoms with E-state index >= 15 is 0 Å². The van der Waals surface area contributed by atoms with Crippen LogP contribution in [0, 0.1) is 23.7 Å². The van der Waals surface area contributed by atoms with Gasteiger partial charge in [-0.05, 0) is 88.4 Å². The summed E-state index contributed by atoms with van der Waals surface area (Å²) < 4.78 is 0. The van der Waals surface area contributed by atoms with E-state index in [1.54, 1.807) is 0 Å². The standard InChI is InChI=1S/C20H36O/c1-3-5-6-7-16-8-10-17(11-9-16)18-12-14-19(15-13-18)20(21)4-2/h3,5,16-21H,4,6-15H2,1-2H3. The molecule has 0 aliphatic heterocycles. The fourth-order valence-corrected chi connectivity index (χ4v) is 4.78. The van der Waals surface area contributed by atoms with E-state index in [4.69, 9.17) is 0 Å². The molecular formula is C20H36O. The van der Waals surface area contributed by atoms with Crippen molar-refractivity contribution in [2.24, 2.45) is 23.7 Å². The Hall–Kier alpha value is -0.300. The zero-order valence-electron chi connectivity index (χ0n) is 14.3. The van der Waals surface area contributed by atoms with Gasteiger partial charge in [-0.2, -0.15) is 0 Å². The minimum absolute atomic E-state index is 0.0340. The smallest absolute Gasteiger partial charge is 0.0565 e. The molecule has 2 aliphatic carbocycles. The highest BCUT2D eigenvalue weighted by Gasteiger charge is 2.32. The van der Waals surface area contributed by atoms with E-state index in [2.05, 4.69) is 26.0 Å². The molecule has 0 bridgehead atoms. The monoisotopic (exact) mass is 292 g/mol. The summed E-state index contributed by atoms with van der Waals surface area (Å²) in [5.74, 6) is 3.57. The molecule has 0 spiro atoms. The van der Waals surface area contributed by atoms with E-state index in [1.807, 2.05) is 0 Å². The summed E-state index contributed by atoms with van der Waals surface area (Å²) in [4.78, 5) is 0. The first-order valence-corrected chi connectivity index (χ1v) is 9.53. The first-order chi connectivity index (χ1) is 10.2. The van der Waals surface area contributed by atoms with Crippen LogP contribution < -0.4 is 0 Å². The maximum absolute atomic E-state index is 10.0. The highest BCUT2D eigenvalue weighted by molar-refractivity contribution is 4.85. The van der Waals surface area contributed by atoms with Crippen LogP contribution in [0.2, 0.25) is 0 Å². The van der Waals surface area contributed by atoms with Crippen LogP contribution in [0.3, 0.4) is 0 Å². The minimum Gasteiger partial charge on any atom is -0.393 e. The van der Waals surface area contributed by atoms with Crippen LogP contribution in [0.1, 0.15) is 84.5 Å². The largest absolute Gasteiger partial charge is 0.393 e. The molecule has 0 amide bonds. The van der Waals surface area contributed by atoms with Crippen LogP contribution in [-0.4, -0.2) is 11.2 Å². The second-order valence-corrected chi connectivity index (χ2v) is 7.58. The second-order valence-electron chi connectivity index (χ2n) is 7.58. The minimum atomic E-state index is -0.0340. The van der Waals surface area contributed by atoms with Gasteiger partial charge in [0.2, 0.25) is 0 Å². The molecule has 1 unspecified atom stereocenters. The molecule has 122 valence electrons. The van der Waals surface area contributed by atoms with Gasteiger partial charge < -0.3 is 5.11 Å². The van der Waals surface area contributed by atoms with Crippen LogP contribution in [0.25, 0.3) is 0 Å². The van der Waals surface area contributed by atoms with Gasteiger partial charge in [0.05, 0.1) is 6.10 Å². The maximum atomic E-state index is 10.0. The first kappa shape index (κ1) is 17.1. The van der Waals surface area contributed by atoms with Crippen molar-refractivity contribution in [3.63, 3.8) is 0 Å². The maximum Gasteiger partial charge on any atom is 0.0565 e. The van der Waals surface area contributed by atoms with Gasteiger partial charge in [0.15, 0.2) is 0 Å². The Morgan fingerprint density at radius 2 is 1.52 bits per heavy atom. The van der Waals surface area contributed by atoms with Gasteiger partial charge in [-0.1, -0.05) is 31.9 Å². The van der Waals surface area contributed by atoms with E-state index in [0.29, 0.717) is 5.92 Å². The third-order valence-corrected chi connectivity index (χ3v) is 6.31. The van der Waals surface area contributed by atoms with Crippen molar-refractivity contribution in [1.29, 1.82) is 0 Å². The molecule has 0 aromatic carbocycles. The summed E-state index contributed by atoms with van der Waals surface area (Å²) in [6, 6.07) is 0.